The summed E-state index contributed by atoms with van der Waals surface area (Å²) in [5.41, 5.74) is 1.02. The number of hydrogen-bond donors (Lipinski definition) is 1. The summed E-state index contributed by atoms with van der Waals surface area (Å²) in [6.07, 6.45) is -2.83. The van der Waals surface area contributed by atoms with Gasteiger partial charge >= 0.3 is 6.18 Å². The van der Waals surface area contributed by atoms with Gasteiger partial charge < -0.3 is 5.32 Å². The molecule has 0 aliphatic rings. The van der Waals surface area contributed by atoms with Gasteiger partial charge in [-0.1, -0.05) is 21.5 Å². The number of nitrogens with one attached hydrogen (secondary N) is 1. The maximum absolute atomic E-state index is 12.7. The Balaban J connectivity index is 3.05. The second-order valence-electron chi connectivity index (χ2n) is 4.57. The van der Waals surface area contributed by atoms with E-state index in [2.05, 4.69) is 27.8 Å². The molecule has 0 saturated heterocycles. The van der Waals surface area contributed by atoms with Gasteiger partial charge in [0, 0.05) is 10.5 Å². The molecule has 1 unspecified atom stereocenters. The largest absolute Gasteiger partial charge is 0.416 e. The minimum atomic E-state index is -4.32. The van der Waals surface area contributed by atoms with Crippen molar-refractivity contribution in [2.45, 2.75) is 32.0 Å². The monoisotopic (exact) mass is 335 g/mol. The second-order valence-corrected chi connectivity index (χ2v) is 5.43. The highest BCUT2D eigenvalue weighted by atomic mass is 79.9. The summed E-state index contributed by atoms with van der Waals surface area (Å²) in [7, 11) is 1.75. The van der Waals surface area contributed by atoms with Crippen LogP contribution in [0, 0.1) is 0 Å². The SMILES string of the molecule is C=C(C)CCC(NC)c1cc(C(F)(F)F)ccc1Br. The van der Waals surface area contributed by atoms with Gasteiger partial charge in [0.25, 0.3) is 0 Å². The Hall–Kier alpha value is -0.810. The normalized spacial score (nSPS) is 13.4. The van der Waals surface area contributed by atoms with Gasteiger partial charge in [-0.2, -0.15) is 13.2 Å². The summed E-state index contributed by atoms with van der Waals surface area (Å²) in [5, 5.41) is 3.05. The van der Waals surface area contributed by atoms with Crippen LogP contribution in [0.3, 0.4) is 0 Å². The van der Waals surface area contributed by atoms with E-state index in [1.807, 2.05) is 6.92 Å². The predicted molar refractivity (Wildman–Crippen MR) is 75.0 cm³/mol. The highest BCUT2D eigenvalue weighted by Gasteiger charge is 2.31. The van der Waals surface area contributed by atoms with Crippen molar-refractivity contribution >= 4 is 15.9 Å². The van der Waals surface area contributed by atoms with Gasteiger partial charge in [-0.25, -0.2) is 0 Å². The fourth-order valence-electron chi connectivity index (χ4n) is 1.83. The molecule has 0 spiro atoms. The summed E-state index contributed by atoms with van der Waals surface area (Å²) >= 11 is 3.32. The average molecular weight is 336 g/mol. The third kappa shape index (κ3) is 4.66. The molecule has 1 nitrogen and oxygen atoms in total. The lowest BCUT2D eigenvalue weighted by atomic mass is 9.98. The molecule has 0 radical (unpaired) electrons. The van der Waals surface area contributed by atoms with Crippen molar-refractivity contribution in [1.82, 2.24) is 5.32 Å². The Bertz CT molecular complexity index is 454. The Morgan fingerprint density at radius 1 is 1.42 bits per heavy atom. The molecule has 0 heterocycles. The van der Waals surface area contributed by atoms with Crippen molar-refractivity contribution in [2.75, 3.05) is 7.05 Å². The standard InChI is InChI=1S/C14H17BrF3N/c1-9(2)4-7-13(19-3)11-8-10(14(16,17)18)5-6-12(11)15/h5-6,8,13,19H,1,4,7H2,2-3H3. The van der Waals surface area contributed by atoms with Crippen LogP contribution in [0.5, 0.6) is 0 Å². The molecule has 0 aromatic heterocycles. The molecule has 0 bridgehead atoms. The Morgan fingerprint density at radius 2 is 2.05 bits per heavy atom. The predicted octanol–water partition coefficient (Wildman–Crippen LogP) is 5.08. The van der Waals surface area contributed by atoms with E-state index in [1.54, 1.807) is 7.05 Å². The fraction of sp³-hybridized carbons (Fsp3) is 0.429. The molecule has 1 aromatic rings. The van der Waals surface area contributed by atoms with Crippen molar-refractivity contribution in [3.8, 4) is 0 Å². The number of halogens is 4. The molecular formula is C14H17BrF3N. The fourth-order valence-corrected chi connectivity index (χ4v) is 2.36. The number of hydrogen-bond acceptors (Lipinski definition) is 1. The zero-order valence-corrected chi connectivity index (χ0v) is 12.5. The molecule has 1 atom stereocenters. The van der Waals surface area contributed by atoms with Gasteiger partial charge in [-0.3, -0.25) is 0 Å². The van der Waals surface area contributed by atoms with Crippen LogP contribution in [0.2, 0.25) is 0 Å². The van der Waals surface area contributed by atoms with Gasteiger partial charge in [0.1, 0.15) is 0 Å². The lowest BCUT2D eigenvalue weighted by Crippen LogP contribution is -2.18. The molecule has 5 heteroatoms. The highest BCUT2D eigenvalue weighted by Crippen LogP contribution is 2.35. The summed E-state index contributed by atoms with van der Waals surface area (Å²) in [6, 6.07) is 3.60. The van der Waals surface area contributed by atoms with E-state index in [-0.39, 0.29) is 6.04 Å². The quantitative estimate of drug-likeness (QED) is 0.739. The van der Waals surface area contributed by atoms with Crippen LogP contribution in [-0.2, 0) is 6.18 Å². The molecule has 19 heavy (non-hydrogen) atoms. The van der Waals surface area contributed by atoms with Crippen molar-refractivity contribution in [3.63, 3.8) is 0 Å². The van der Waals surface area contributed by atoms with Gasteiger partial charge in [0.15, 0.2) is 0 Å². The van der Waals surface area contributed by atoms with E-state index >= 15 is 0 Å². The summed E-state index contributed by atoms with van der Waals surface area (Å²) in [5.74, 6) is 0. The van der Waals surface area contributed by atoms with E-state index in [1.165, 1.54) is 12.1 Å². The van der Waals surface area contributed by atoms with Gasteiger partial charge in [-0.15, -0.1) is 6.58 Å². The first-order chi connectivity index (χ1) is 8.75. The minimum Gasteiger partial charge on any atom is -0.313 e. The van der Waals surface area contributed by atoms with Crippen molar-refractivity contribution in [1.29, 1.82) is 0 Å². The van der Waals surface area contributed by atoms with Gasteiger partial charge in [0.05, 0.1) is 5.56 Å². The Labute approximate surface area is 120 Å². The third-order valence-electron chi connectivity index (χ3n) is 2.91. The topological polar surface area (TPSA) is 12.0 Å². The molecular weight excluding hydrogens is 319 g/mol. The molecule has 1 rings (SSSR count). The zero-order valence-electron chi connectivity index (χ0n) is 10.9. The minimum absolute atomic E-state index is 0.131. The molecule has 1 N–H and O–H groups in total. The van der Waals surface area contributed by atoms with E-state index in [0.717, 1.165) is 18.1 Å². The second kappa shape index (κ2) is 6.57. The highest BCUT2D eigenvalue weighted by molar-refractivity contribution is 9.10. The van der Waals surface area contributed by atoms with Crippen LogP contribution in [-0.4, -0.2) is 7.05 Å². The van der Waals surface area contributed by atoms with Crippen molar-refractivity contribution in [3.05, 3.63) is 46.0 Å². The van der Waals surface area contributed by atoms with Crippen LogP contribution >= 0.6 is 15.9 Å². The van der Waals surface area contributed by atoms with Crippen LogP contribution in [0.15, 0.2) is 34.8 Å². The van der Waals surface area contributed by atoms with E-state index in [0.29, 0.717) is 16.5 Å². The van der Waals surface area contributed by atoms with Crippen molar-refractivity contribution in [2.24, 2.45) is 0 Å². The first-order valence-electron chi connectivity index (χ1n) is 5.94. The number of rotatable bonds is 5. The Kier molecular flexibility index (Phi) is 5.62. The van der Waals surface area contributed by atoms with E-state index in [9.17, 15) is 13.2 Å². The molecule has 0 amide bonds. The maximum atomic E-state index is 12.7. The first-order valence-corrected chi connectivity index (χ1v) is 6.73. The molecule has 0 saturated carbocycles. The first kappa shape index (κ1) is 16.2. The lowest BCUT2D eigenvalue weighted by Gasteiger charge is -2.20. The van der Waals surface area contributed by atoms with Gasteiger partial charge in [-0.05, 0) is 50.6 Å². The zero-order chi connectivity index (χ0) is 14.6. The van der Waals surface area contributed by atoms with Crippen LogP contribution in [0.25, 0.3) is 0 Å². The van der Waals surface area contributed by atoms with E-state index in [4.69, 9.17) is 0 Å². The van der Waals surface area contributed by atoms with E-state index < -0.39 is 11.7 Å². The molecule has 106 valence electrons. The number of alkyl halides is 3. The molecule has 0 fully saturated rings. The summed E-state index contributed by atoms with van der Waals surface area (Å²) < 4.78 is 38.9. The summed E-state index contributed by atoms with van der Waals surface area (Å²) in [4.78, 5) is 0. The average Bonchev–Trinajstić information content (AvgIpc) is 2.30. The number of allylic oxidation sites excluding steroid dienone is 1. The molecule has 0 aliphatic carbocycles. The van der Waals surface area contributed by atoms with Crippen LogP contribution in [0.4, 0.5) is 13.2 Å². The third-order valence-corrected chi connectivity index (χ3v) is 3.63. The number of benzene rings is 1. The van der Waals surface area contributed by atoms with Crippen LogP contribution < -0.4 is 5.32 Å². The summed E-state index contributed by atoms with van der Waals surface area (Å²) in [6.45, 7) is 5.73. The maximum Gasteiger partial charge on any atom is 0.416 e. The van der Waals surface area contributed by atoms with Crippen molar-refractivity contribution < 1.29 is 13.2 Å². The Morgan fingerprint density at radius 3 is 2.53 bits per heavy atom. The van der Waals surface area contributed by atoms with Gasteiger partial charge in [0.2, 0.25) is 0 Å². The lowest BCUT2D eigenvalue weighted by molar-refractivity contribution is -0.137. The molecule has 0 aliphatic heterocycles. The van der Waals surface area contributed by atoms with Crippen LogP contribution in [0.1, 0.15) is 36.9 Å². The smallest absolute Gasteiger partial charge is 0.313 e. The molecule has 1 aromatic carbocycles.